The fourth-order valence-electron chi connectivity index (χ4n) is 1.01. The minimum atomic E-state index is -0.977. The summed E-state index contributed by atoms with van der Waals surface area (Å²) in [6.45, 7) is 0. The van der Waals surface area contributed by atoms with Crippen molar-refractivity contribution < 1.29 is 9.90 Å². The van der Waals surface area contributed by atoms with Crippen LogP contribution in [0.5, 0.6) is 0 Å². The minimum Gasteiger partial charge on any atom is -0.480 e. The first-order chi connectivity index (χ1) is 7.50. The lowest BCUT2D eigenvalue weighted by Gasteiger charge is -2.07. The van der Waals surface area contributed by atoms with Crippen LogP contribution in [-0.2, 0) is 10.5 Å². The van der Waals surface area contributed by atoms with Crippen molar-refractivity contribution in [3.8, 4) is 0 Å². The molecule has 0 saturated carbocycles. The van der Waals surface area contributed by atoms with Crippen LogP contribution in [0.15, 0.2) is 22.7 Å². The molecule has 0 spiro atoms. The average Bonchev–Trinajstić information content (AvgIpc) is 2.20. The first-order valence-corrected chi connectivity index (χ1v) is 6.83. The van der Waals surface area contributed by atoms with Gasteiger partial charge in [-0.15, -0.1) is 0 Å². The number of aliphatic carboxylic acids is 1. The molecule has 1 atom stereocenters. The van der Waals surface area contributed by atoms with E-state index in [0.29, 0.717) is 16.5 Å². The van der Waals surface area contributed by atoms with E-state index < -0.39 is 12.0 Å². The molecule has 0 aromatic heterocycles. The van der Waals surface area contributed by atoms with Gasteiger partial charge in [0.05, 0.1) is 0 Å². The molecule has 0 aliphatic heterocycles. The number of thioether (sulfide) groups is 1. The average molecular weight is 325 g/mol. The van der Waals surface area contributed by atoms with E-state index in [1.165, 1.54) is 11.8 Å². The molecule has 1 aromatic rings. The summed E-state index contributed by atoms with van der Waals surface area (Å²) < 4.78 is 0.925. The van der Waals surface area contributed by atoms with E-state index in [-0.39, 0.29) is 0 Å². The predicted octanol–water partition coefficient (Wildman–Crippen LogP) is 2.75. The highest BCUT2D eigenvalue weighted by molar-refractivity contribution is 9.10. The largest absolute Gasteiger partial charge is 0.480 e. The Hall–Kier alpha value is -0.230. The Morgan fingerprint density at radius 2 is 2.31 bits per heavy atom. The molecule has 0 aliphatic carbocycles. The number of rotatable bonds is 5. The lowest BCUT2D eigenvalue weighted by Crippen LogP contribution is -2.32. The number of hydrogen-bond acceptors (Lipinski definition) is 3. The van der Waals surface area contributed by atoms with Crippen LogP contribution >= 0.6 is 39.3 Å². The Bertz CT molecular complexity index is 389. The van der Waals surface area contributed by atoms with Crippen molar-refractivity contribution in [2.24, 2.45) is 5.73 Å². The molecule has 3 N–H and O–H groups in total. The van der Waals surface area contributed by atoms with Gasteiger partial charge in [0.2, 0.25) is 0 Å². The molecular weight excluding hydrogens is 314 g/mol. The van der Waals surface area contributed by atoms with Crippen LogP contribution in [0.3, 0.4) is 0 Å². The van der Waals surface area contributed by atoms with Crippen LogP contribution in [0.25, 0.3) is 0 Å². The van der Waals surface area contributed by atoms with E-state index in [0.717, 1.165) is 10.0 Å². The highest BCUT2D eigenvalue weighted by Crippen LogP contribution is 2.24. The Kier molecular flexibility index (Phi) is 5.61. The predicted molar refractivity (Wildman–Crippen MR) is 70.9 cm³/mol. The van der Waals surface area contributed by atoms with E-state index in [1.54, 1.807) is 0 Å². The molecule has 88 valence electrons. The fourth-order valence-corrected chi connectivity index (χ4v) is 2.81. The van der Waals surface area contributed by atoms with Crippen LogP contribution < -0.4 is 5.73 Å². The molecule has 1 aromatic carbocycles. The third-order valence-electron chi connectivity index (χ3n) is 1.89. The summed E-state index contributed by atoms with van der Waals surface area (Å²) in [5.74, 6) is 0.0591. The summed E-state index contributed by atoms with van der Waals surface area (Å²) in [4.78, 5) is 10.5. The highest BCUT2D eigenvalue weighted by Gasteiger charge is 2.11. The lowest BCUT2D eigenvalue weighted by atomic mass is 10.2. The Balaban J connectivity index is 2.46. The van der Waals surface area contributed by atoms with Gasteiger partial charge in [-0.05, 0) is 17.7 Å². The standard InChI is InChI=1S/C10H11BrClNO2S/c11-7-2-1-6(8(12)3-7)4-16-5-9(13)10(14)15/h1-3,9H,4-5,13H2,(H,14,15)/t9-/m1/s1. The summed E-state index contributed by atoms with van der Waals surface area (Å²) in [7, 11) is 0. The number of hydrogen-bond donors (Lipinski definition) is 2. The molecule has 0 aliphatic rings. The molecular formula is C10H11BrClNO2S. The third kappa shape index (κ3) is 4.33. The Morgan fingerprint density at radius 1 is 1.62 bits per heavy atom. The number of carbonyl (C=O) groups is 1. The van der Waals surface area contributed by atoms with E-state index in [2.05, 4.69) is 15.9 Å². The monoisotopic (exact) mass is 323 g/mol. The maximum absolute atomic E-state index is 10.5. The SMILES string of the molecule is N[C@H](CSCc1ccc(Br)cc1Cl)C(=O)O. The number of nitrogens with two attached hydrogens (primary N) is 1. The zero-order valence-electron chi connectivity index (χ0n) is 8.32. The zero-order chi connectivity index (χ0) is 12.1. The van der Waals surface area contributed by atoms with Crippen LogP contribution in [0, 0.1) is 0 Å². The molecule has 16 heavy (non-hydrogen) atoms. The van der Waals surface area contributed by atoms with Gasteiger partial charge in [0, 0.05) is 21.0 Å². The van der Waals surface area contributed by atoms with E-state index >= 15 is 0 Å². The Labute approximate surface area is 111 Å². The van der Waals surface area contributed by atoms with Crippen molar-refractivity contribution in [2.45, 2.75) is 11.8 Å². The molecule has 3 nitrogen and oxygen atoms in total. The van der Waals surface area contributed by atoms with Gasteiger partial charge in [0.1, 0.15) is 6.04 Å². The summed E-state index contributed by atoms with van der Waals surface area (Å²) in [5, 5.41) is 9.27. The van der Waals surface area contributed by atoms with Crippen LogP contribution in [0.1, 0.15) is 5.56 Å². The number of halogens is 2. The number of carboxylic acids is 1. The van der Waals surface area contributed by atoms with Crippen molar-refractivity contribution in [3.63, 3.8) is 0 Å². The normalized spacial score (nSPS) is 12.4. The summed E-state index contributed by atoms with van der Waals surface area (Å²) in [6, 6.07) is 4.80. The molecule has 1 rings (SSSR count). The van der Waals surface area contributed by atoms with Gasteiger partial charge >= 0.3 is 5.97 Å². The molecule has 0 unspecified atom stereocenters. The van der Waals surface area contributed by atoms with Crippen molar-refractivity contribution in [1.29, 1.82) is 0 Å². The molecule has 0 heterocycles. The van der Waals surface area contributed by atoms with Crippen molar-refractivity contribution >= 4 is 45.3 Å². The second-order valence-electron chi connectivity index (χ2n) is 3.20. The van der Waals surface area contributed by atoms with Gasteiger partial charge in [0.25, 0.3) is 0 Å². The first kappa shape index (κ1) is 13.8. The smallest absolute Gasteiger partial charge is 0.321 e. The van der Waals surface area contributed by atoms with Crippen LogP contribution in [-0.4, -0.2) is 22.9 Å². The topological polar surface area (TPSA) is 63.3 Å². The highest BCUT2D eigenvalue weighted by atomic mass is 79.9. The van der Waals surface area contributed by atoms with Crippen molar-refractivity contribution in [1.82, 2.24) is 0 Å². The maximum atomic E-state index is 10.5. The van der Waals surface area contributed by atoms with Crippen molar-refractivity contribution in [2.75, 3.05) is 5.75 Å². The molecule has 0 bridgehead atoms. The van der Waals surface area contributed by atoms with E-state index in [9.17, 15) is 4.79 Å². The Morgan fingerprint density at radius 3 is 2.88 bits per heavy atom. The van der Waals surface area contributed by atoms with Crippen LogP contribution in [0.2, 0.25) is 5.02 Å². The second-order valence-corrected chi connectivity index (χ2v) is 5.55. The molecule has 0 fully saturated rings. The molecule has 0 saturated heterocycles. The molecule has 6 heteroatoms. The third-order valence-corrected chi connectivity index (χ3v) is 3.84. The van der Waals surface area contributed by atoms with Gasteiger partial charge in [0.15, 0.2) is 0 Å². The van der Waals surface area contributed by atoms with Crippen LogP contribution in [0.4, 0.5) is 0 Å². The summed E-state index contributed by atoms with van der Waals surface area (Å²) >= 11 is 10.8. The summed E-state index contributed by atoms with van der Waals surface area (Å²) in [5.41, 5.74) is 6.36. The second kappa shape index (κ2) is 6.49. The van der Waals surface area contributed by atoms with Gasteiger partial charge in [-0.2, -0.15) is 11.8 Å². The lowest BCUT2D eigenvalue weighted by molar-refractivity contribution is -0.137. The van der Waals surface area contributed by atoms with Gasteiger partial charge in [-0.3, -0.25) is 4.79 Å². The maximum Gasteiger partial charge on any atom is 0.321 e. The summed E-state index contributed by atoms with van der Waals surface area (Å²) in [6.07, 6.45) is 0. The molecule has 0 amide bonds. The van der Waals surface area contributed by atoms with Gasteiger partial charge in [-0.1, -0.05) is 33.6 Å². The minimum absolute atomic E-state index is 0.377. The molecule has 0 radical (unpaired) electrons. The van der Waals surface area contributed by atoms with E-state index in [1.807, 2.05) is 18.2 Å². The number of carboxylic acid groups (broad SMARTS) is 1. The fraction of sp³-hybridized carbons (Fsp3) is 0.300. The van der Waals surface area contributed by atoms with Gasteiger partial charge < -0.3 is 10.8 Å². The first-order valence-electron chi connectivity index (χ1n) is 4.50. The van der Waals surface area contributed by atoms with Gasteiger partial charge in [-0.25, -0.2) is 0 Å². The zero-order valence-corrected chi connectivity index (χ0v) is 11.5. The quantitative estimate of drug-likeness (QED) is 0.874. The number of benzene rings is 1. The van der Waals surface area contributed by atoms with Crippen molar-refractivity contribution in [3.05, 3.63) is 33.3 Å². The van der Waals surface area contributed by atoms with E-state index in [4.69, 9.17) is 22.4 Å².